The number of aryl methyl sites for hydroxylation is 3. The van der Waals surface area contributed by atoms with Crippen molar-refractivity contribution < 1.29 is 9.90 Å². The molecule has 0 aliphatic rings. The molecule has 0 saturated heterocycles. The normalized spacial score (nSPS) is 10.4. The average molecular weight is 256 g/mol. The Labute approximate surface area is 112 Å². The Balaban J connectivity index is 2.41. The summed E-state index contributed by atoms with van der Waals surface area (Å²) in [6, 6.07) is 6.15. The molecule has 0 bridgehead atoms. The van der Waals surface area contributed by atoms with Crippen LogP contribution in [0.4, 0.5) is 0 Å². The minimum Gasteiger partial charge on any atom is -0.481 e. The van der Waals surface area contributed by atoms with Crippen LogP contribution in [0, 0.1) is 13.8 Å². The van der Waals surface area contributed by atoms with Crippen LogP contribution in [0.1, 0.15) is 23.1 Å². The Morgan fingerprint density at radius 1 is 1.32 bits per heavy atom. The molecule has 4 heteroatoms. The first-order chi connectivity index (χ1) is 9.08. The second-order valence-electron chi connectivity index (χ2n) is 4.61. The molecule has 19 heavy (non-hydrogen) atoms. The van der Waals surface area contributed by atoms with Crippen LogP contribution in [0.25, 0.3) is 11.3 Å². The van der Waals surface area contributed by atoms with E-state index in [0.29, 0.717) is 6.42 Å². The molecule has 1 aromatic carbocycles. The van der Waals surface area contributed by atoms with Gasteiger partial charge in [0.15, 0.2) is 0 Å². The molecule has 1 aromatic heterocycles. The molecule has 0 saturated carbocycles. The van der Waals surface area contributed by atoms with Crippen LogP contribution in [-0.4, -0.2) is 21.0 Å². The molecular formula is C15H16N2O2. The molecule has 2 aromatic rings. The molecule has 0 atom stereocenters. The Morgan fingerprint density at radius 2 is 2.11 bits per heavy atom. The molecule has 98 valence electrons. The maximum Gasteiger partial charge on any atom is 0.303 e. The first-order valence-corrected chi connectivity index (χ1v) is 6.16. The fourth-order valence-electron chi connectivity index (χ4n) is 2.10. The Bertz CT molecular complexity index is 609. The average Bonchev–Trinajstić information content (AvgIpc) is 2.37. The third-order valence-electron chi connectivity index (χ3n) is 3.03. The molecule has 0 aliphatic carbocycles. The largest absolute Gasteiger partial charge is 0.481 e. The summed E-state index contributed by atoms with van der Waals surface area (Å²) in [5, 5.41) is 8.79. The highest BCUT2D eigenvalue weighted by Gasteiger charge is 2.10. The highest BCUT2D eigenvalue weighted by molar-refractivity contribution is 5.70. The summed E-state index contributed by atoms with van der Waals surface area (Å²) >= 11 is 0. The first-order valence-electron chi connectivity index (χ1n) is 6.16. The topological polar surface area (TPSA) is 63.1 Å². The zero-order valence-corrected chi connectivity index (χ0v) is 11.1. The molecular weight excluding hydrogens is 240 g/mol. The van der Waals surface area contributed by atoms with Crippen LogP contribution in [0.15, 0.2) is 30.7 Å². The molecule has 0 spiro atoms. The van der Waals surface area contributed by atoms with E-state index in [1.807, 2.05) is 26.0 Å². The van der Waals surface area contributed by atoms with Crippen LogP contribution in [0.2, 0.25) is 0 Å². The fourth-order valence-corrected chi connectivity index (χ4v) is 2.10. The summed E-state index contributed by atoms with van der Waals surface area (Å²) < 4.78 is 0. The van der Waals surface area contributed by atoms with E-state index in [4.69, 9.17) is 5.11 Å². The Hall–Kier alpha value is -2.23. The third kappa shape index (κ3) is 3.16. The van der Waals surface area contributed by atoms with Gasteiger partial charge in [0.05, 0.1) is 5.69 Å². The van der Waals surface area contributed by atoms with Gasteiger partial charge in [0.2, 0.25) is 0 Å². The van der Waals surface area contributed by atoms with Gasteiger partial charge in [-0.15, -0.1) is 0 Å². The lowest BCUT2D eigenvalue weighted by molar-refractivity contribution is -0.136. The van der Waals surface area contributed by atoms with E-state index >= 15 is 0 Å². The Kier molecular flexibility index (Phi) is 3.90. The van der Waals surface area contributed by atoms with E-state index in [0.717, 1.165) is 22.4 Å². The number of carboxylic acids is 1. The van der Waals surface area contributed by atoms with Gasteiger partial charge >= 0.3 is 5.97 Å². The van der Waals surface area contributed by atoms with Gasteiger partial charge in [0, 0.05) is 18.2 Å². The van der Waals surface area contributed by atoms with Crippen LogP contribution in [0.3, 0.4) is 0 Å². The number of rotatable bonds is 4. The third-order valence-corrected chi connectivity index (χ3v) is 3.03. The maximum atomic E-state index is 10.7. The smallest absolute Gasteiger partial charge is 0.303 e. The number of hydrogen-bond donors (Lipinski definition) is 1. The molecule has 1 N–H and O–H groups in total. The number of aliphatic carboxylic acids is 1. The molecule has 0 amide bonds. The molecule has 4 nitrogen and oxygen atoms in total. The molecule has 0 aliphatic heterocycles. The van der Waals surface area contributed by atoms with Gasteiger partial charge in [-0.3, -0.25) is 4.79 Å². The first kappa shape index (κ1) is 13.2. The summed E-state index contributed by atoms with van der Waals surface area (Å²) in [6.07, 6.45) is 3.73. The minimum atomic E-state index is -0.810. The number of hydrogen-bond acceptors (Lipinski definition) is 3. The molecule has 0 fully saturated rings. The van der Waals surface area contributed by atoms with Crippen molar-refractivity contribution in [2.75, 3.05) is 0 Å². The van der Waals surface area contributed by atoms with Gasteiger partial charge in [0.25, 0.3) is 0 Å². The minimum absolute atomic E-state index is 0.0886. The van der Waals surface area contributed by atoms with Crippen LogP contribution >= 0.6 is 0 Å². The zero-order valence-electron chi connectivity index (χ0n) is 11.1. The maximum absolute atomic E-state index is 10.7. The number of nitrogens with zero attached hydrogens (tertiary/aromatic N) is 2. The summed E-state index contributed by atoms with van der Waals surface area (Å²) in [4.78, 5) is 19.0. The second kappa shape index (κ2) is 5.61. The fraction of sp³-hybridized carbons (Fsp3) is 0.267. The van der Waals surface area contributed by atoms with Crippen molar-refractivity contribution >= 4 is 5.97 Å². The van der Waals surface area contributed by atoms with Gasteiger partial charge in [-0.25, -0.2) is 9.97 Å². The monoisotopic (exact) mass is 256 g/mol. The standard InChI is InChI=1S/C15H16N2O2/c1-10-3-5-13(11(2)7-10)15-12(4-6-14(18)19)8-16-9-17-15/h3,5,7-9H,4,6H2,1-2H3,(H,18,19). The molecule has 1 heterocycles. The summed E-state index contributed by atoms with van der Waals surface area (Å²) in [6.45, 7) is 4.08. The highest BCUT2D eigenvalue weighted by atomic mass is 16.4. The van der Waals surface area contributed by atoms with Crippen molar-refractivity contribution in [1.82, 2.24) is 9.97 Å². The van der Waals surface area contributed by atoms with Crippen molar-refractivity contribution in [3.8, 4) is 11.3 Å². The lowest BCUT2D eigenvalue weighted by atomic mass is 9.98. The van der Waals surface area contributed by atoms with Gasteiger partial charge in [-0.1, -0.05) is 23.8 Å². The van der Waals surface area contributed by atoms with Crippen molar-refractivity contribution in [2.24, 2.45) is 0 Å². The highest BCUT2D eigenvalue weighted by Crippen LogP contribution is 2.25. The number of aromatic nitrogens is 2. The summed E-state index contributed by atoms with van der Waals surface area (Å²) in [7, 11) is 0. The van der Waals surface area contributed by atoms with E-state index in [-0.39, 0.29) is 6.42 Å². The molecule has 0 radical (unpaired) electrons. The van der Waals surface area contributed by atoms with Crippen molar-refractivity contribution in [3.05, 3.63) is 47.4 Å². The van der Waals surface area contributed by atoms with Crippen LogP contribution < -0.4 is 0 Å². The van der Waals surface area contributed by atoms with Crippen LogP contribution in [-0.2, 0) is 11.2 Å². The van der Waals surface area contributed by atoms with Gasteiger partial charge in [0.1, 0.15) is 6.33 Å². The van der Waals surface area contributed by atoms with Crippen LogP contribution in [0.5, 0.6) is 0 Å². The van der Waals surface area contributed by atoms with E-state index < -0.39 is 5.97 Å². The lowest BCUT2D eigenvalue weighted by Crippen LogP contribution is -2.01. The van der Waals surface area contributed by atoms with E-state index in [1.54, 1.807) is 6.20 Å². The van der Waals surface area contributed by atoms with E-state index in [1.165, 1.54) is 11.9 Å². The van der Waals surface area contributed by atoms with Gasteiger partial charge in [-0.05, 0) is 31.4 Å². The van der Waals surface area contributed by atoms with Crippen molar-refractivity contribution in [2.45, 2.75) is 26.7 Å². The quantitative estimate of drug-likeness (QED) is 0.913. The number of carbonyl (C=O) groups is 1. The predicted molar refractivity (Wildman–Crippen MR) is 72.9 cm³/mol. The Morgan fingerprint density at radius 3 is 2.79 bits per heavy atom. The van der Waals surface area contributed by atoms with E-state index in [2.05, 4.69) is 16.0 Å². The van der Waals surface area contributed by atoms with Crippen molar-refractivity contribution in [3.63, 3.8) is 0 Å². The predicted octanol–water partition coefficient (Wildman–Crippen LogP) is 2.78. The molecule has 2 rings (SSSR count). The molecule has 0 unspecified atom stereocenters. The second-order valence-corrected chi connectivity index (χ2v) is 4.61. The lowest BCUT2D eigenvalue weighted by Gasteiger charge is -2.10. The zero-order chi connectivity index (χ0) is 13.8. The number of benzene rings is 1. The van der Waals surface area contributed by atoms with Crippen molar-refractivity contribution in [1.29, 1.82) is 0 Å². The summed E-state index contributed by atoms with van der Waals surface area (Å²) in [5.74, 6) is -0.810. The SMILES string of the molecule is Cc1ccc(-c2ncncc2CCC(=O)O)c(C)c1. The number of carboxylic acid groups (broad SMARTS) is 1. The van der Waals surface area contributed by atoms with Gasteiger partial charge in [-0.2, -0.15) is 0 Å². The summed E-state index contributed by atoms with van der Waals surface area (Å²) in [5.41, 5.74) is 5.07. The van der Waals surface area contributed by atoms with E-state index in [9.17, 15) is 4.79 Å². The van der Waals surface area contributed by atoms with Gasteiger partial charge < -0.3 is 5.11 Å².